The van der Waals surface area contributed by atoms with Gasteiger partial charge in [0.15, 0.2) is 26.5 Å². The molecule has 31 heavy (non-hydrogen) atoms. The summed E-state index contributed by atoms with van der Waals surface area (Å²) in [5.74, 6) is 0.850. The zero-order valence-corrected chi connectivity index (χ0v) is 19.3. The fraction of sp³-hybridized carbons (Fsp3) is 0.333. The van der Waals surface area contributed by atoms with Crippen LogP contribution in [-0.2, 0) is 21.1 Å². The second-order valence-corrected chi connectivity index (χ2v) is 11.0. The summed E-state index contributed by atoms with van der Waals surface area (Å²) in [5, 5.41) is 0.769. The normalized spacial score (nSPS) is 23.1. The number of para-hydroxylation sites is 1. The number of rotatable bonds is 5. The molecule has 0 radical (unpaired) electrons. The largest absolute Gasteiger partial charge is 0.493 e. The van der Waals surface area contributed by atoms with Gasteiger partial charge in [0.05, 0.1) is 48.9 Å². The highest BCUT2D eigenvalue weighted by Gasteiger charge is 2.49. The number of anilines is 1. The molecule has 10 heteroatoms. The number of benzene rings is 2. The predicted molar refractivity (Wildman–Crippen MR) is 123 cm³/mol. The molecule has 164 valence electrons. The topological polar surface area (TPSA) is 85.3 Å². The molecule has 2 aromatic rings. The molecule has 0 aromatic heterocycles. The number of amides is 1. The van der Waals surface area contributed by atoms with Crippen molar-refractivity contribution < 1.29 is 22.7 Å². The van der Waals surface area contributed by atoms with Crippen molar-refractivity contribution in [2.24, 2.45) is 4.99 Å². The number of halogens is 1. The van der Waals surface area contributed by atoms with Gasteiger partial charge in [-0.25, -0.2) is 8.42 Å². The molecule has 2 fully saturated rings. The summed E-state index contributed by atoms with van der Waals surface area (Å²) >= 11 is 7.71. The van der Waals surface area contributed by atoms with E-state index in [2.05, 4.69) is 4.99 Å². The smallest absolute Gasteiger partial charge is 0.252 e. The molecule has 0 N–H and O–H groups in total. The number of sulfone groups is 1. The Labute approximate surface area is 190 Å². The van der Waals surface area contributed by atoms with E-state index < -0.39 is 9.84 Å². The first kappa shape index (κ1) is 22.0. The highest BCUT2D eigenvalue weighted by atomic mass is 35.5. The van der Waals surface area contributed by atoms with E-state index in [1.807, 2.05) is 12.1 Å². The van der Waals surface area contributed by atoms with E-state index in [0.717, 1.165) is 5.56 Å². The van der Waals surface area contributed by atoms with Crippen molar-refractivity contribution in [2.75, 3.05) is 30.6 Å². The maximum Gasteiger partial charge on any atom is 0.252 e. The van der Waals surface area contributed by atoms with Crippen LogP contribution in [0, 0.1) is 0 Å². The van der Waals surface area contributed by atoms with Gasteiger partial charge in [0.1, 0.15) is 0 Å². The molecule has 2 aliphatic rings. The van der Waals surface area contributed by atoms with Gasteiger partial charge in [-0.15, -0.1) is 0 Å². The van der Waals surface area contributed by atoms with Gasteiger partial charge in [0.25, 0.3) is 5.91 Å². The van der Waals surface area contributed by atoms with Crippen LogP contribution in [0.2, 0.25) is 5.02 Å². The van der Waals surface area contributed by atoms with Crippen LogP contribution in [0.5, 0.6) is 11.5 Å². The lowest BCUT2D eigenvalue weighted by atomic mass is 10.1. The Hall–Kier alpha value is -2.23. The zero-order chi connectivity index (χ0) is 22.2. The van der Waals surface area contributed by atoms with Crippen LogP contribution in [0.3, 0.4) is 0 Å². The second kappa shape index (κ2) is 8.72. The number of carbonyl (C=O) groups is 1. The van der Waals surface area contributed by atoms with E-state index in [9.17, 15) is 13.2 Å². The number of ether oxygens (including phenoxy) is 2. The van der Waals surface area contributed by atoms with E-state index >= 15 is 0 Å². The summed E-state index contributed by atoms with van der Waals surface area (Å²) in [6.45, 7) is 0. The molecule has 4 rings (SSSR count). The maximum absolute atomic E-state index is 12.8. The average Bonchev–Trinajstić information content (AvgIpc) is 3.19. The van der Waals surface area contributed by atoms with Gasteiger partial charge in [0, 0.05) is 5.25 Å². The standard InChI is InChI=1S/C21H21ClN2O5S2/c1-28-17-8-7-13(9-18(17)29-2)10-20(25)23-21-24(15-6-4-3-5-14(15)22)16-11-31(26,27)12-19(16)30-21/h3-9,16,19H,10-12H2,1-2H3. The number of carbonyl (C=O) groups excluding carboxylic acids is 1. The minimum Gasteiger partial charge on any atom is -0.493 e. The fourth-order valence-corrected chi connectivity index (χ4v) is 7.96. The lowest BCUT2D eigenvalue weighted by molar-refractivity contribution is -0.117. The number of amidine groups is 1. The highest BCUT2D eigenvalue weighted by Crippen LogP contribution is 2.43. The van der Waals surface area contributed by atoms with Crippen molar-refractivity contribution >= 4 is 50.0 Å². The van der Waals surface area contributed by atoms with Crippen LogP contribution in [0.25, 0.3) is 0 Å². The number of thioether (sulfide) groups is 1. The van der Waals surface area contributed by atoms with E-state index in [4.69, 9.17) is 21.1 Å². The molecular weight excluding hydrogens is 460 g/mol. The van der Waals surface area contributed by atoms with E-state index in [-0.39, 0.29) is 35.1 Å². The molecule has 2 atom stereocenters. The van der Waals surface area contributed by atoms with Gasteiger partial charge in [0.2, 0.25) is 0 Å². The van der Waals surface area contributed by atoms with E-state index in [1.54, 1.807) is 42.3 Å². The highest BCUT2D eigenvalue weighted by molar-refractivity contribution is 8.16. The van der Waals surface area contributed by atoms with Crippen LogP contribution < -0.4 is 14.4 Å². The van der Waals surface area contributed by atoms with Crippen LogP contribution >= 0.6 is 23.4 Å². The Bertz CT molecular complexity index is 1150. The van der Waals surface area contributed by atoms with Crippen molar-refractivity contribution in [3.8, 4) is 11.5 Å². The third-order valence-corrected chi connectivity index (χ3v) is 8.73. The van der Waals surface area contributed by atoms with Gasteiger partial charge in [-0.05, 0) is 29.8 Å². The van der Waals surface area contributed by atoms with Crippen molar-refractivity contribution in [1.82, 2.24) is 0 Å². The lowest BCUT2D eigenvalue weighted by Crippen LogP contribution is -2.38. The molecule has 2 heterocycles. The Kier molecular flexibility index (Phi) is 6.18. The molecule has 0 spiro atoms. The third kappa shape index (κ3) is 4.53. The zero-order valence-electron chi connectivity index (χ0n) is 16.9. The predicted octanol–water partition coefficient (Wildman–Crippen LogP) is 3.20. The van der Waals surface area contributed by atoms with E-state index in [0.29, 0.717) is 27.4 Å². The maximum atomic E-state index is 12.8. The minimum absolute atomic E-state index is 0.0127. The fourth-order valence-electron chi connectivity index (χ4n) is 3.80. The van der Waals surface area contributed by atoms with Gasteiger partial charge in [-0.2, -0.15) is 4.99 Å². The van der Waals surface area contributed by atoms with Crippen molar-refractivity contribution in [2.45, 2.75) is 17.7 Å². The summed E-state index contributed by atoms with van der Waals surface area (Å²) in [6, 6.07) is 12.1. The first-order valence-corrected chi connectivity index (χ1v) is 12.6. The molecule has 1 amide bonds. The Morgan fingerprint density at radius 3 is 2.61 bits per heavy atom. The van der Waals surface area contributed by atoms with Crippen LogP contribution in [0.1, 0.15) is 5.56 Å². The summed E-state index contributed by atoms with van der Waals surface area (Å²) in [5.41, 5.74) is 1.39. The summed E-state index contributed by atoms with van der Waals surface area (Å²) in [4.78, 5) is 18.9. The minimum atomic E-state index is -3.15. The van der Waals surface area contributed by atoms with Gasteiger partial charge < -0.3 is 14.4 Å². The van der Waals surface area contributed by atoms with Crippen molar-refractivity contribution in [3.63, 3.8) is 0 Å². The van der Waals surface area contributed by atoms with Gasteiger partial charge in [-0.3, -0.25) is 4.79 Å². The third-order valence-electron chi connectivity index (χ3n) is 5.20. The van der Waals surface area contributed by atoms with Crippen LogP contribution in [0.4, 0.5) is 5.69 Å². The molecule has 0 aliphatic carbocycles. The number of hydrogen-bond donors (Lipinski definition) is 0. The van der Waals surface area contributed by atoms with Crippen molar-refractivity contribution in [3.05, 3.63) is 53.1 Å². The van der Waals surface area contributed by atoms with E-state index in [1.165, 1.54) is 18.9 Å². The molecule has 2 unspecified atom stereocenters. The molecule has 7 nitrogen and oxygen atoms in total. The first-order valence-electron chi connectivity index (χ1n) is 9.54. The van der Waals surface area contributed by atoms with Gasteiger partial charge in [-0.1, -0.05) is 41.6 Å². The number of methoxy groups -OCH3 is 2. The monoisotopic (exact) mass is 480 g/mol. The second-order valence-electron chi connectivity index (χ2n) is 7.28. The molecule has 2 aromatic carbocycles. The average molecular weight is 481 g/mol. The summed E-state index contributed by atoms with van der Waals surface area (Å²) in [6.07, 6.45) is 0.0778. The van der Waals surface area contributed by atoms with Crippen LogP contribution in [0.15, 0.2) is 47.5 Å². The quantitative estimate of drug-likeness (QED) is 0.649. The summed E-state index contributed by atoms with van der Waals surface area (Å²) in [7, 11) is -0.0625. The van der Waals surface area contributed by atoms with Crippen molar-refractivity contribution in [1.29, 1.82) is 0 Å². The number of nitrogens with zero attached hydrogens (tertiary/aromatic N) is 2. The number of aliphatic imine (C=N–C) groups is 1. The molecular formula is C21H21ClN2O5S2. The van der Waals surface area contributed by atoms with Crippen LogP contribution in [-0.4, -0.2) is 56.5 Å². The molecule has 2 saturated heterocycles. The molecule has 0 saturated carbocycles. The number of hydrogen-bond acceptors (Lipinski definition) is 6. The Balaban J connectivity index is 1.63. The SMILES string of the molecule is COc1ccc(CC(=O)N=C2SC3CS(=O)(=O)CC3N2c2ccccc2Cl)cc1OC. The molecule has 0 bridgehead atoms. The van der Waals surface area contributed by atoms with Gasteiger partial charge >= 0.3 is 0 Å². The first-order chi connectivity index (χ1) is 14.8. The Morgan fingerprint density at radius 2 is 1.90 bits per heavy atom. The number of fused-ring (bicyclic) bond motifs is 1. The Morgan fingerprint density at radius 1 is 1.16 bits per heavy atom. The molecule has 2 aliphatic heterocycles. The lowest BCUT2D eigenvalue weighted by Gasteiger charge is -2.25. The summed E-state index contributed by atoms with van der Waals surface area (Å²) < 4.78 is 34.9.